The summed E-state index contributed by atoms with van der Waals surface area (Å²) in [5, 5.41) is 14.6. The van der Waals surface area contributed by atoms with Crippen molar-refractivity contribution in [2.45, 2.75) is 46.0 Å². The molecule has 0 radical (unpaired) electrons. The Bertz CT molecular complexity index is 1170. The number of pyridine rings is 1. The summed E-state index contributed by atoms with van der Waals surface area (Å²) in [5.41, 5.74) is 7.32. The maximum atomic E-state index is 12.8. The molecule has 11 nitrogen and oxygen atoms in total. The number of nitrogens with zero attached hydrogens (tertiary/aromatic N) is 4. The summed E-state index contributed by atoms with van der Waals surface area (Å²) in [5.74, 6) is 0.151. The highest BCUT2D eigenvalue weighted by molar-refractivity contribution is 5.85. The number of nitrogens with two attached hydrogens (primary N) is 1. The molecule has 0 saturated carbocycles. The van der Waals surface area contributed by atoms with Crippen molar-refractivity contribution in [3.8, 4) is 0 Å². The molecule has 1 saturated heterocycles. The van der Waals surface area contributed by atoms with Crippen LogP contribution in [0.2, 0.25) is 0 Å². The monoisotopic (exact) mass is 511 g/mol. The first-order chi connectivity index (χ1) is 17.3. The lowest BCUT2D eigenvalue weighted by atomic mass is 10.1. The van der Waals surface area contributed by atoms with E-state index in [1.54, 1.807) is 18.7 Å². The van der Waals surface area contributed by atoms with Crippen molar-refractivity contribution in [2.24, 2.45) is 5.73 Å². The molecule has 1 atom stereocenters. The number of carbonyl (C=O) groups excluding carboxylic acids is 2. The van der Waals surface area contributed by atoms with Gasteiger partial charge < -0.3 is 30.7 Å². The zero-order valence-electron chi connectivity index (χ0n) is 20.6. The van der Waals surface area contributed by atoms with E-state index in [1.165, 1.54) is 0 Å². The number of benzene rings is 1. The van der Waals surface area contributed by atoms with E-state index in [2.05, 4.69) is 20.8 Å². The van der Waals surface area contributed by atoms with Gasteiger partial charge in [0.25, 0.3) is 0 Å². The molecule has 4 rings (SSSR count). The van der Waals surface area contributed by atoms with Crippen molar-refractivity contribution >= 4 is 17.6 Å². The molecule has 3 aromatic rings. The summed E-state index contributed by atoms with van der Waals surface area (Å²) in [4.78, 5) is 27.1. The number of rotatable bonds is 9. The SMILES string of the molecule is C.CC(C)(N)C(=O)N[C@H](COCc1ccccc1)c1nnc2cccc(CNC(=O)N3CCOCC3)n12. The van der Waals surface area contributed by atoms with Crippen LogP contribution in [0.15, 0.2) is 48.5 Å². The fourth-order valence-corrected chi connectivity index (χ4v) is 3.83. The molecule has 3 amide bonds. The van der Waals surface area contributed by atoms with Crippen molar-refractivity contribution in [3.05, 3.63) is 65.6 Å². The van der Waals surface area contributed by atoms with Crippen LogP contribution in [-0.4, -0.2) is 69.9 Å². The maximum absolute atomic E-state index is 12.8. The molecule has 200 valence electrons. The van der Waals surface area contributed by atoms with Gasteiger partial charge in [0.2, 0.25) is 5.91 Å². The Kier molecular flexibility index (Phi) is 9.56. The fraction of sp³-hybridized carbons (Fsp3) is 0.462. The topological polar surface area (TPSA) is 136 Å². The van der Waals surface area contributed by atoms with E-state index in [0.29, 0.717) is 44.4 Å². The van der Waals surface area contributed by atoms with Gasteiger partial charge in [0, 0.05) is 18.8 Å². The second kappa shape index (κ2) is 12.6. The Balaban J connectivity index is 0.00000380. The van der Waals surface area contributed by atoms with Gasteiger partial charge >= 0.3 is 6.03 Å². The number of hydrogen-bond acceptors (Lipinski definition) is 7. The number of nitrogens with one attached hydrogen (secondary N) is 2. The van der Waals surface area contributed by atoms with E-state index < -0.39 is 11.6 Å². The van der Waals surface area contributed by atoms with Crippen LogP contribution in [-0.2, 0) is 27.4 Å². The molecule has 1 aromatic carbocycles. The highest BCUT2D eigenvalue weighted by Gasteiger charge is 2.28. The number of amides is 3. The van der Waals surface area contributed by atoms with Gasteiger partial charge in [-0.1, -0.05) is 43.8 Å². The maximum Gasteiger partial charge on any atom is 0.317 e. The summed E-state index contributed by atoms with van der Waals surface area (Å²) < 4.78 is 13.1. The minimum Gasteiger partial charge on any atom is -0.378 e. The number of urea groups is 1. The van der Waals surface area contributed by atoms with Gasteiger partial charge in [-0.15, -0.1) is 10.2 Å². The highest BCUT2D eigenvalue weighted by atomic mass is 16.5. The average Bonchev–Trinajstić information content (AvgIpc) is 3.32. The summed E-state index contributed by atoms with van der Waals surface area (Å²) >= 11 is 0. The van der Waals surface area contributed by atoms with Crippen LogP contribution >= 0.6 is 0 Å². The van der Waals surface area contributed by atoms with Crippen molar-refractivity contribution in [1.82, 2.24) is 30.1 Å². The Hall–Kier alpha value is -3.54. The minimum absolute atomic E-state index is 0. The van der Waals surface area contributed by atoms with E-state index in [0.717, 1.165) is 11.3 Å². The zero-order valence-corrected chi connectivity index (χ0v) is 20.6. The molecular weight excluding hydrogens is 474 g/mol. The molecule has 11 heteroatoms. The predicted molar refractivity (Wildman–Crippen MR) is 140 cm³/mol. The lowest BCUT2D eigenvalue weighted by molar-refractivity contribution is -0.126. The third kappa shape index (κ3) is 7.25. The first kappa shape index (κ1) is 28.0. The Labute approximate surface area is 217 Å². The Morgan fingerprint density at radius 1 is 1.11 bits per heavy atom. The van der Waals surface area contributed by atoms with Gasteiger partial charge in [-0.2, -0.15) is 0 Å². The molecule has 1 aliphatic heterocycles. The third-order valence-corrected chi connectivity index (χ3v) is 5.85. The van der Waals surface area contributed by atoms with Crippen LogP contribution in [0.3, 0.4) is 0 Å². The second-order valence-electron chi connectivity index (χ2n) is 9.28. The molecule has 0 bridgehead atoms. The van der Waals surface area contributed by atoms with Gasteiger partial charge in [0.15, 0.2) is 11.5 Å². The number of carbonyl (C=O) groups is 2. The first-order valence-corrected chi connectivity index (χ1v) is 12.0. The molecule has 1 fully saturated rings. The second-order valence-corrected chi connectivity index (χ2v) is 9.28. The van der Waals surface area contributed by atoms with Gasteiger partial charge in [0.05, 0.1) is 38.5 Å². The van der Waals surface area contributed by atoms with E-state index in [-0.39, 0.29) is 32.5 Å². The molecule has 0 aliphatic carbocycles. The van der Waals surface area contributed by atoms with Crippen molar-refractivity contribution < 1.29 is 19.1 Å². The standard InChI is InChI=1S/C25H33N7O4.CH4/c1-25(2,26)23(33)28-20(17-36-16-18-7-4-3-5-8-18)22-30-29-21-10-6-9-19(32(21)22)15-27-24(34)31-11-13-35-14-12-31;/h3-10,20H,11-17,26H2,1-2H3,(H,27,34)(H,28,33);1H4/t20-;/m1./s1. The van der Waals surface area contributed by atoms with Crippen LogP contribution in [0.4, 0.5) is 4.79 Å². The average molecular weight is 512 g/mol. The van der Waals surface area contributed by atoms with Crippen LogP contribution in [0, 0.1) is 0 Å². The summed E-state index contributed by atoms with van der Waals surface area (Å²) in [6.07, 6.45) is 0. The predicted octanol–water partition coefficient (Wildman–Crippen LogP) is 2.02. The van der Waals surface area contributed by atoms with Gasteiger partial charge in [-0.25, -0.2) is 4.79 Å². The lowest BCUT2D eigenvalue weighted by Crippen LogP contribution is -2.51. The molecule has 0 unspecified atom stereocenters. The summed E-state index contributed by atoms with van der Waals surface area (Å²) in [7, 11) is 0. The molecule has 4 N–H and O–H groups in total. The molecule has 3 heterocycles. The van der Waals surface area contributed by atoms with Crippen LogP contribution in [0.5, 0.6) is 0 Å². The Morgan fingerprint density at radius 3 is 2.54 bits per heavy atom. The van der Waals surface area contributed by atoms with Crippen molar-refractivity contribution in [2.75, 3.05) is 32.9 Å². The largest absolute Gasteiger partial charge is 0.378 e. The smallest absolute Gasteiger partial charge is 0.317 e. The molecule has 0 spiro atoms. The number of aromatic nitrogens is 3. The number of fused-ring (bicyclic) bond motifs is 1. The highest BCUT2D eigenvalue weighted by Crippen LogP contribution is 2.18. The van der Waals surface area contributed by atoms with E-state index >= 15 is 0 Å². The summed E-state index contributed by atoms with van der Waals surface area (Å²) in [6.45, 7) is 6.22. The van der Waals surface area contributed by atoms with Crippen LogP contribution in [0.25, 0.3) is 5.65 Å². The van der Waals surface area contributed by atoms with E-state index in [1.807, 2.05) is 52.9 Å². The quantitative estimate of drug-likeness (QED) is 0.400. The van der Waals surface area contributed by atoms with Crippen molar-refractivity contribution in [3.63, 3.8) is 0 Å². The van der Waals surface area contributed by atoms with Gasteiger partial charge in [-0.3, -0.25) is 9.20 Å². The summed E-state index contributed by atoms with van der Waals surface area (Å²) in [6, 6.07) is 14.6. The zero-order chi connectivity index (χ0) is 25.5. The van der Waals surface area contributed by atoms with Gasteiger partial charge in [0.1, 0.15) is 6.04 Å². The van der Waals surface area contributed by atoms with Crippen molar-refractivity contribution in [1.29, 1.82) is 0 Å². The molecule has 37 heavy (non-hydrogen) atoms. The van der Waals surface area contributed by atoms with E-state index in [9.17, 15) is 9.59 Å². The van der Waals surface area contributed by atoms with Crippen LogP contribution < -0.4 is 16.4 Å². The number of ether oxygens (including phenoxy) is 2. The molecule has 2 aromatic heterocycles. The number of morpholine rings is 1. The van der Waals surface area contributed by atoms with Gasteiger partial charge in [-0.05, 0) is 31.5 Å². The minimum atomic E-state index is -1.09. The lowest BCUT2D eigenvalue weighted by Gasteiger charge is -2.27. The fourth-order valence-electron chi connectivity index (χ4n) is 3.83. The first-order valence-electron chi connectivity index (χ1n) is 12.0. The van der Waals surface area contributed by atoms with E-state index in [4.69, 9.17) is 15.2 Å². The number of hydrogen-bond donors (Lipinski definition) is 3. The normalized spacial score (nSPS) is 14.6. The molecular formula is C26H37N7O4. The van der Waals surface area contributed by atoms with Crippen LogP contribution in [0.1, 0.15) is 44.4 Å². The third-order valence-electron chi connectivity index (χ3n) is 5.85. The Morgan fingerprint density at radius 2 is 1.84 bits per heavy atom. The molecule has 1 aliphatic rings.